The Bertz CT molecular complexity index is 720. The molecule has 1 fully saturated rings. The molecule has 0 bridgehead atoms. The van der Waals surface area contributed by atoms with E-state index < -0.39 is 14.9 Å². The average molecular weight is 355 g/mol. The molecule has 1 saturated heterocycles. The summed E-state index contributed by atoms with van der Waals surface area (Å²) in [4.78, 5) is 23.8. The first kappa shape index (κ1) is 18.3. The molecule has 0 unspecified atom stereocenters. The maximum atomic E-state index is 12.7. The number of nitro groups is 1. The normalized spacial score (nSPS) is 16.6. The number of non-ortho nitro benzene ring substituents is 1. The minimum Gasteiger partial charge on any atom is -0.341 e. The highest BCUT2D eigenvalue weighted by molar-refractivity contribution is 7.89. The van der Waals surface area contributed by atoms with Gasteiger partial charge < -0.3 is 4.90 Å². The maximum absolute atomic E-state index is 12.7. The lowest BCUT2D eigenvalue weighted by Crippen LogP contribution is -2.37. The molecule has 9 heteroatoms. The predicted molar refractivity (Wildman–Crippen MR) is 88.0 cm³/mol. The molecular weight excluding hydrogens is 334 g/mol. The zero-order valence-corrected chi connectivity index (χ0v) is 14.4. The van der Waals surface area contributed by atoms with E-state index in [2.05, 4.69) is 0 Å². The second-order valence-corrected chi connectivity index (χ2v) is 7.58. The molecule has 1 amide bonds. The van der Waals surface area contributed by atoms with Crippen LogP contribution in [0, 0.1) is 10.1 Å². The SMILES string of the molecule is CCCC(=O)N1CCCN(S(=O)(=O)c2cccc([N+](=O)[O-])c2)CC1. The smallest absolute Gasteiger partial charge is 0.270 e. The van der Waals surface area contributed by atoms with Gasteiger partial charge in [0.2, 0.25) is 15.9 Å². The van der Waals surface area contributed by atoms with E-state index >= 15 is 0 Å². The van der Waals surface area contributed by atoms with Gasteiger partial charge in [0.25, 0.3) is 5.69 Å². The molecule has 0 N–H and O–H groups in total. The van der Waals surface area contributed by atoms with Crippen molar-refractivity contribution in [2.45, 2.75) is 31.1 Å². The first-order valence-corrected chi connectivity index (χ1v) is 9.32. The quantitative estimate of drug-likeness (QED) is 0.590. The topological polar surface area (TPSA) is 101 Å². The third kappa shape index (κ3) is 4.09. The summed E-state index contributed by atoms with van der Waals surface area (Å²) in [5.74, 6) is 0.0343. The third-order valence-corrected chi connectivity index (χ3v) is 5.83. The minimum atomic E-state index is -3.81. The van der Waals surface area contributed by atoms with Gasteiger partial charge in [-0.25, -0.2) is 8.42 Å². The number of hydrogen-bond acceptors (Lipinski definition) is 5. The van der Waals surface area contributed by atoms with Crippen molar-refractivity contribution in [3.63, 3.8) is 0 Å². The van der Waals surface area contributed by atoms with Crippen molar-refractivity contribution in [1.82, 2.24) is 9.21 Å². The van der Waals surface area contributed by atoms with Gasteiger partial charge in [-0.2, -0.15) is 4.31 Å². The van der Waals surface area contributed by atoms with Crippen LogP contribution < -0.4 is 0 Å². The fourth-order valence-electron chi connectivity index (χ4n) is 2.66. The molecule has 24 heavy (non-hydrogen) atoms. The molecule has 2 rings (SSSR count). The molecule has 1 aromatic carbocycles. The number of nitrogens with zero attached hydrogens (tertiary/aromatic N) is 3. The van der Waals surface area contributed by atoms with E-state index in [1.165, 1.54) is 22.5 Å². The van der Waals surface area contributed by atoms with E-state index in [-0.39, 0.29) is 23.0 Å². The van der Waals surface area contributed by atoms with Crippen molar-refractivity contribution in [1.29, 1.82) is 0 Å². The Labute approximate surface area is 141 Å². The first-order chi connectivity index (χ1) is 11.4. The second kappa shape index (κ2) is 7.71. The van der Waals surface area contributed by atoms with Gasteiger partial charge >= 0.3 is 0 Å². The van der Waals surface area contributed by atoms with Crippen LogP contribution in [-0.4, -0.2) is 54.6 Å². The molecule has 0 radical (unpaired) electrons. The predicted octanol–water partition coefficient (Wildman–Crippen LogP) is 1.62. The van der Waals surface area contributed by atoms with E-state index in [9.17, 15) is 23.3 Å². The highest BCUT2D eigenvalue weighted by atomic mass is 32.2. The summed E-state index contributed by atoms with van der Waals surface area (Å²) in [7, 11) is -3.81. The second-order valence-electron chi connectivity index (χ2n) is 5.64. The van der Waals surface area contributed by atoms with Crippen molar-refractivity contribution in [2.75, 3.05) is 26.2 Å². The van der Waals surface area contributed by atoms with Gasteiger partial charge in [0.1, 0.15) is 0 Å². The molecule has 0 atom stereocenters. The third-order valence-electron chi connectivity index (χ3n) is 3.94. The van der Waals surface area contributed by atoms with Gasteiger partial charge in [-0.05, 0) is 18.9 Å². The summed E-state index contributed by atoms with van der Waals surface area (Å²) in [6.45, 7) is 3.28. The van der Waals surface area contributed by atoms with E-state index in [0.29, 0.717) is 32.5 Å². The highest BCUT2D eigenvalue weighted by Crippen LogP contribution is 2.22. The lowest BCUT2D eigenvalue weighted by Gasteiger charge is -2.21. The highest BCUT2D eigenvalue weighted by Gasteiger charge is 2.29. The lowest BCUT2D eigenvalue weighted by atomic mass is 10.3. The molecule has 0 saturated carbocycles. The summed E-state index contributed by atoms with van der Waals surface area (Å²) in [5, 5.41) is 10.8. The molecular formula is C15H21N3O5S. The lowest BCUT2D eigenvalue weighted by molar-refractivity contribution is -0.385. The van der Waals surface area contributed by atoms with Crippen LogP contribution in [0.1, 0.15) is 26.2 Å². The number of benzene rings is 1. The van der Waals surface area contributed by atoms with E-state index in [4.69, 9.17) is 0 Å². The standard InChI is InChI=1S/C15H21N3O5S/c1-2-5-15(19)16-8-4-9-17(11-10-16)24(22,23)14-7-3-6-13(12-14)18(20)21/h3,6-7,12H,2,4-5,8-11H2,1H3. The summed E-state index contributed by atoms with van der Waals surface area (Å²) >= 11 is 0. The fourth-order valence-corrected chi connectivity index (χ4v) is 4.17. The molecule has 1 aliphatic heterocycles. The van der Waals surface area contributed by atoms with Gasteiger partial charge in [-0.1, -0.05) is 13.0 Å². The van der Waals surface area contributed by atoms with Crippen LogP contribution in [0.4, 0.5) is 5.69 Å². The molecule has 0 spiro atoms. The van der Waals surface area contributed by atoms with E-state index in [0.717, 1.165) is 12.5 Å². The minimum absolute atomic E-state index is 0.0343. The Morgan fingerprint density at radius 1 is 1.25 bits per heavy atom. The van der Waals surface area contributed by atoms with Crippen molar-refractivity contribution >= 4 is 21.6 Å². The van der Waals surface area contributed by atoms with Gasteiger partial charge in [-0.15, -0.1) is 0 Å². The first-order valence-electron chi connectivity index (χ1n) is 7.88. The summed E-state index contributed by atoms with van der Waals surface area (Å²) < 4.78 is 26.7. The van der Waals surface area contributed by atoms with Crippen LogP contribution in [0.3, 0.4) is 0 Å². The molecule has 0 aromatic heterocycles. The average Bonchev–Trinajstić information content (AvgIpc) is 2.81. The Balaban J connectivity index is 2.17. The number of carbonyl (C=O) groups is 1. The van der Waals surface area contributed by atoms with E-state index in [1.807, 2.05) is 6.92 Å². The van der Waals surface area contributed by atoms with Crippen LogP contribution >= 0.6 is 0 Å². The van der Waals surface area contributed by atoms with Crippen LogP contribution in [0.2, 0.25) is 0 Å². The van der Waals surface area contributed by atoms with Crippen LogP contribution in [0.15, 0.2) is 29.2 Å². The monoisotopic (exact) mass is 355 g/mol. The van der Waals surface area contributed by atoms with Crippen LogP contribution in [0.5, 0.6) is 0 Å². The van der Waals surface area contributed by atoms with Crippen molar-refractivity contribution < 1.29 is 18.1 Å². The number of sulfonamides is 1. The summed E-state index contributed by atoms with van der Waals surface area (Å²) in [6, 6.07) is 5.04. The van der Waals surface area contributed by atoms with Gasteiger partial charge in [0.05, 0.1) is 9.82 Å². The molecule has 132 valence electrons. The Hall–Kier alpha value is -2.00. The van der Waals surface area contributed by atoms with E-state index in [1.54, 1.807) is 4.90 Å². The van der Waals surface area contributed by atoms with Crippen molar-refractivity contribution in [3.05, 3.63) is 34.4 Å². The molecule has 1 aromatic rings. The van der Waals surface area contributed by atoms with Crippen molar-refractivity contribution in [2.24, 2.45) is 0 Å². The van der Waals surface area contributed by atoms with Gasteiger partial charge in [0.15, 0.2) is 0 Å². The molecule has 1 aliphatic rings. The summed E-state index contributed by atoms with van der Waals surface area (Å²) in [5.41, 5.74) is -0.259. The maximum Gasteiger partial charge on any atom is 0.270 e. The Morgan fingerprint density at radius 3 is 2.67 bits per heavy atom. The molecule has 8 nitrogen and oxygen atoms in total. The molecule has 0 aliphatic carbocycles. The number of carbonyl (C=O) groups excluding carboxylic acids is 1. The number of amides is 1. The Morgan fingerprint density at radius 2 is 2.00 bits per heavy atom. The van der Waals surface area contributed by atoms with Crippen LogP contribution in [0.25, 0.3) is 0 Å². The van der Waals surface area contributed by atoms with Gasteiger partial charge in [-0.3, -0.25) is 14.9 Å². The van der Waals surface area contributed by atoms with Crippen LogP contribution in [-0.2, 0) is 14.8 Å². The zero-order valence-electron chi connectivity index (χ0n) is 13.6. The number of nitro benzene ring substituents is 1. The summed E-state index contributed by atoms with van der Waals surface area (Å²) in [6.07, 6.45) is 1.76. The molecule has 1 heterocycles. The number of rotatable bonds is 5. The largest absolute Gasteiger partial charge is 0.341 e. The van der Waals surface area contributed by atoms with Crippen molar-refractivity contribution in [3.8, 4) is 0 Å². The fraction of sp³-hybridized carbons (Fsp3) is 0.533. The van der Waals surface area contributed by atoms with Gasteiger partial charge in [0, 0.05) is 44.7 Å². The number of hydrogen-bond donors (Lipinski definition) is 0. The Kier molecular flexibility index (Phi) is 5.89. The zero-order chi connectivity index (χ0) is 17.7.